The molecule has 4 nitrogen and oxygen atoms in total. The summed E-state index contributed by atoms with van der Waals surface area (Å²) in [6.07, 6.45) is 0.715. The van der Waals surface area contributed by atoms with Crippen LogP contribution in [0.2, 0.25) is 0 Å². The fourth-order valence-electron chi connectivity index (χ4n) is 0.667. The van der Waals surface area contributed by atoms with Crippen molar-refractivity contribution in [2.75, 3.05) is 6.73 Å². The summed E-state index contributed by atoms with van der Waals surface area (Å²) < 4.78 is 5.05. The Balaban J connectivity index is 2.32. The van der Waals surface area contributed by atoms with E-state index in [1.165, 1.54) is 0 Å². The molecule has 0 aromatic heterocycles. The second-order valence-corrected chi connectivity index (χ2v) is 1.86. The number of rotatable bonds is 1. The minimum absolute atomic E-state index is 0.0984. The number of urea groups is 1. The standard InChI is InChI=1S/C5H10N2O2/c1-2-4-7-5(8)6-3-9-4/h4H,2-3H2,1H3,(H2,6,7,8). The molecule has 2 N–H and O–H groups in total. The lowest BCUT2D eigenvalue weighted by molar-refractivity contribution is 0.00670. The number of amides is 2. The predicted octanol–water partition coefficient (Wildman–Crippen LogP) is 0.00940. The van der Waals surface area contributed by atoms with Crippen molar-refractivity contribution in [1.82, 2.24) is 10.6 Å². The Morgan fingerprint density at radius 1 is 1.89 bits per heavy atom. The molecule has 1 rings (SSSR count). The zero-order valence-electron chi connectivity index (χ0n) is 5.31. The molecule has 0 aliphatic carbocycles. The fourth-order valence-corrected chi connectivity index (χ4v) is 0.667. The van der Waals surface area contributed by atoms with Crippen molar-refractivity contribution in [3.63, 3.8) is 0 Å². The Morgan fingerprint density at radius 2 is 2.67 bits per heavy atom. The van der Waals surface area contributed by atoms with Gasteiger partial charge in [0.2, 0.25) is 0 Å². The van der Waals surface area contributed by atoms with Gasteiger partial charge in [-0.1, -0.05) is 6.92 Å². The van der Waals surface area contributed by atoms with Crippen molar-refractivity contribution < 1.29 is 9.53 Å². The molecular weight excluding hydrogens is 120 g/mol. The minimum Gasteiger partial charge on any atom is -0.338 e. The molecule has 0 radical (unpaired) electrons. The van der Waals surface area contributed by atoms with Crippen LogP contribution in [0.15, 0.2) is 0 Å². The van der Waals surface area contributed by atoms with Gasteiger partial charge >= 0.3 is 6.03 Å². The van der Waals surface area contributed by atoms with Crippen molar-refractivity contribution in [3.05, 3.63) is 0 Å². The Hall–Kier alpha value is -0.770. The molecule has 1 atom stereocenters. The van der Waals surface area contributed by atoms with E-state index in [0.717, 1.165) is 6.42 Å². The average molecular weight is 130 g/mol. The van der Waals surface area contributed by atoms with Gasteiger partial charge in [-0.15, -0.1) is 0 Å². The molecule has 1 heterocycles. The van der Waals surface area contributed by atoms with Crippen LogP contribution in [0.5, 0.6) is 0 Å². The molecule has 2 amide bonds. The third-order valence-corrected chi connectivity index (χ3v) is 1.18. The average Bonchev–Trinajstić information content (AvgIpc) is 1.88. The molecule has 0 spiro atoms. The molecule has 0 aromatic carbocycles. The van der Waals surface area contributed by atoms with Gasteiger partial charge in [0.1, 0.15) is 13.0 Å². The fraction of sp³-hybridized carbons (Fsp3) is 0.800. The van der Waals surface area contributed by atoms with Crippen LogP contribution in [-0.2, 0) is 4.74 Å². The van der Waals surface area contributed by atoms with Crippen LogP contribution < -0.4 is 10.6 Å². The molecule has 0 aromatic rings. The summed E-state index contributed by atoms with van der Waals surface area (Å²) in [4.78, 5) is 10.5. The SMILES string of the molecule is CCC1NC(=O)NCO1. The smallest absolute Gasteiger partial charge is 0.318 e. The van der Waals surface area contributed by atoms with E-state index in [2.05, 4.69) is 10.6 Å². The third kappa shape index (κ3) is 1.57. The number of hydrogen-bond acceptors (Lipinski definition) is 2. The number of carbonyl (C=O) groups excluding carboxylic acids is 1. The Kier molecular flexibility index (Phi) is 1.89. The van der Waals surface area contributed by atoms with Crippen molar-refractivity contribution >= 4 is 6.03 Å². The van der Waals surface area contributed by atoms with Crippen LogP contribution in [-0.4, -0.2) is 19.0 Å². The van der Waals surface area contributed by atoms with E-state index in [1.54, 1.807) is 0 Å². The molecule has 9 heavy (non-hydrogen) atoms. The van der Waals surface area contributed by atoms with Gasteiger partial charge in [-0.05, 0) is 6.42 Å². The van der Waals surface area contributed by atoms with Gasteiger partial charge < -0.3 is 15.4 Å². The summed E-state index contributed by atoms with van der Waals surface area (Å²) in [5.74, 6) is 0. The van der Waals surface area contributed by atoms with Crippen LogP contribution in [0.3, 0.4) is 0 Å². The van der Waals surface area contributed by atoms with E-state index in [-0.39, 0.29) is 12.3 Å². The summed E-state index contributed by atoms with van der Waals surface area (Å²) in [5.41, 5.74) is 0. The molecule has 1 aliphatic heterocycles. The second-order valence-electron chi connectivity index (χ2n) is 1.86. The molecule has 0 saturated carbocycles. The zero-order valence-corrected chi connectivity index (χ0v) is 5.31. The van der Waals surface area contributed by atoms with E-state index in [4.69, 9.17) is 4.74 Å². The van der Waals surface area contributed by atoms with Gasteiger partial charge in [-0.3, -0.25) is 0 Å². The highest BCUT2D eigenvalue weighted by molar-refractivity contribution is 5.74. The van der Waals surface area contributed by atoms with Crippen molar-refractivity contribution in [1.29, 1.82) is 0 Å². The van der Waals surface area contributed by atoms with Crippen LogP contribution in [0.25, 0.3) is 0 Å². The molecule has 1 aliphatic rings. The van der Waals surface area contributed by atoms with E-state index >= 15 is 0 Å². The van der Waals surface area contributed by atoms with Gasteiger partial charge in [0.05, 0.1) is 0 Å². The maximum Gasteiger partial charge on any atom is 0.318 e. The predicted molar refractivity (Wildman–Crippen MR) is 31.7 cm³/mol. The van der Waals surface area contributed by atoms with E-state index < -0.39 is 0 Å². The van der Waals surface area contributed by atoms with Crippen molar-refractivity contribution in [3.8, 4) is 0 Å². The topological polar surface area (TPSA) is 50.4 Å². The Morgan fingerprint density at radius 3 is 3.11 bits per heavy atom. The number of carbonyl (C=O) groups is 1. The Labute approximate surface area is 53.6 Å². The quantitative estimate of drug-likeness (QED) is 0.525. The minimum atomic E-state index is -0.145. The molecule has 1 unspecified atom stereocenters. The van der Waals surface area contributed by atoms with Crippen LogP contribution in [0.4, 0.5) is 4.79 Å². The Bertz CT molecular complexity index is 116. The molecular formula is C5H10N2O2. The highest BCUT2D eigenvalue weighted by Gasteiger charge is 2.14. The summed E-state index contributed by atoms with van der Waals surface area (Å²) in [6.45, 7) is 2.28. The highest BCUT2D eigenvalue weighted by Crippen LogP contribution is 1.95. The molecule has 4 heteroatoms. The van der Waals surface area contributed by atoms with Gasteiger partial charge in [0.25, 0.3) is 0 Å². The first-order chi connectivity index (χ1) is 4.33. The first kappa shape index (κ1) is 6.35. The van der Waals surface area contributed by atoms with Gasteiger partial charge in [-0.2, -0.15) is 0 Å². The van der Waals surface area contributed by atoms with Gasteiger partial charge in [0.15, 0.2) is 0 Å². The summed E-state index contributed by atoms with van der Waals surface area (Å²) in [7, 11) is 0. The maximum atomic E-state index is 10.5. The second kappa shape index (κ2) is 2.68. The van der Waals surface area contributed by atoms with Crippen molar-refractivity contribution in [2.45, 2.75) is 19.6 Å². The summed E-state index contributed by atoms with van der Waals surface area (Å²) in [6, 6.07) is -0.145. The van der Waals surface area contributed by atoms with Crippen LogP contribution in [0.1, 0.15) is 13.3 Å². The summed E-state index contributed by atoms with van der Waals surface area (Å²) in [5, 5.41) is 5.07. The van der Waals surface area contributed by atoms with Crippen LogP contribution >= 0.6 is 0 Å². The van der Waals surface area contributed by atoms with E-state index in [1.807, 2.05) is 6.92 Å². The maximum absolute atomic E-state index is 10.5. The lowest BCUT2D eigenvalue weighted by Crippen LogP contribution is -2.50. The zero-order chi connectivity index (χ0) is 6.69. The van der Waals surface area contributed by atoms with Gasteiger partial charge in [-0.25, -0.2) is 4.79 Å². The molecule has 52 valence electrons. The van der Waals surface area contributed by atoms with Crippen molar-refractivity contribution in [2.24, 2.45) is 0 Å². The first-order valence-electron chi connectivity index (χ1n) is 2.99. The first-order valence-corrected chi connectivity index (χ1v) is 2.99. The molecule has 1 fully saturated rings. The molecule has 1 saturated heterocycles. The van der Waals surface area contributed by atoms with Crippen LogP contribution in [0, 0.1) is 0 Å². The largest absolute Gasteiger partial charge is 0.338 e. The van der Waals surface area contributed by atoms with E-state index in [0.29, 0.717) is 6.73 Å². The summed E-state index contributed by atoms with van der Waals surface area (Å²) >= 11 is 0. The number of nitrogens with one attached hydrogen (secondary N) is 2. The third-order valence-electron chi connectivity index (χ3n) is 1.18. The lowest BCUT2D eigenvalue weighted by atomic mass is 10.4. The van der Waals surface area contributed by atoms with E-state index in [9.17, 15) is 4.79 Å². The molecule has 0 bridgehead atoms. The highest BCUT2D eigenvalue weighted by atomic mass is 16.5. The van der Waals surface area contributed by atoms with Gasteiger partial charge in [0, 0.05) is 0 Å². The number of ether oxygens (including phenoxy) is 1. The normalized spacial score (nSPS) is 26.8. The lowest BCUT2D eigenvalue weighted by Gasteiger charge is -2.23. The monoisotopic (exact) mass is 130 g/mol. The number of hydrogen-bond donors (Lipinski definition) is 2.